The quantitative estimate of drug-likeness (QED) is 0.563. The van der Waals surface area contributed by atoms with Crippen LogP contribution in [-0.2, 0) is 26.1 Å². The Balaban J connectivity index is 1.63. The molecule has 0 N–H and O–H groups in total. The molecule has 0 spiro atoms. The van der Waals surface area contributed by atoms with E-state index in [-0.39, 0.29) is 41.7 Å². The molecule has 11 heteroatoms. The number of carbonyl (C=O) groups is 1. The number of rotatable bonds is 8. The van der Waals surface area contributed by atoms with Gasteiger partial charge in [0.05, 0.1) is 30.8 Å². The van der Waals surface area contributed by atoms with Crippen LogP contribution in [0.15, 0.2) is 47.4 Å². The molecule has 2 aromatic carbocycles. The van der Waals surface area contributed by atoms with Crippen LogP contribution in [-0.4, -0.2) is 58.7 Å². The Kier molecular flexibility index (Phi) is 7.42. The fraction of sp³-hybridized carbons (Fsp3) is 0.350. The predicted molar refractivity (Wildman–Crippen MR) is 105 cm³/mol. The second-order valence-corrected chi connectivity index (χ2v) is 8.42. The first-order valence-corrected chi connectivity index (χ1v) is 10.7. The van der Waals surface area contributed by atoms with E-state index in [0.29, 0.717) is 18.8 Å². The van der Waals surface area contributed by atoms with Crippen molar-refractivity contribution in [1.29, 1.82) is 0 Å². The first-order chi connectivity index (χ1) is 14.8. The van der Waals surface area contributed by atoms with Crippen molar-refractivity contribution < 1.29 is 40.9 Å². The largest absolute Gasteiger partial charge is 0.493 e. The SMILES string of the molecule is COc1cc(COC(=O)c2ccc(S(=O)(=O)N3CCOCC3)cc2)ccc1OC(F)F. The molecule has 31 heavy (non-hydrogen) atoms. The van der Waals surface area contributed by atoms with Gasteiger partial charge in [-0.15, -0.1) is 0 Å². The molecule has 8 nitrogen and oxygen atoms in total. The van der Waals surface area contributed by atoms with E-state index >= 15 is 0 Å². The first kappa shape index (κ1) is 22.9. The van der Waals surface area contributed by atoms with Crippen LogP contribution in [0.2, 0.25) is 0 Å². The fourth-order valence-corrected chi connectivity index (χ4v) is 4.33. The van der Waals surface area contributed by atoms with E-state index in [1.54, 1.807) is 0 Å². The van der Waals surface area contributed by atoms with Crippen molar-refractivity contribution in [3.63, 3.8) is 0 Å². The number of carbonyl (C=O) groups excluding carboxylic acids is 1. The number of nitrogens with zero attached hydrogens (tertiary/aromatic N) is 1. The van der Waals surface area contributed by atoms with Crippen LogP contribution in [0, 0.1) is 0 Å². The van der Waals surface area contributed by atoms with E-state index in [2.05, 4.69) is 4.74 Å². The zero-order valence-electron chi connectivity index (χ0n) is 16.6. The highest BCUT2D eigenvalue weighted by atomic mass is 32.2. The van der Waals surface area contributed by atoms with Gasteiger partial charge in [-0.1, -0.05) is 6.07 Å². The minimum atomic E-state index is -3.66. The van der Waals surface area contributed by atoms with E-state index in [4.69, 9.17) is 14.2 Å². The summed E-state index contributed by atoms with van der Waals surface area (Å²) >= 11 is 0. The minimum Gasteiger partial charge on any atom is -0.493 e. The molecule has 168 valence electrons. The van der Waals surface area contributed by atoms with Crippen molar-refractivity contribution in [2.45, 2.75) is 18.1 Å². The Morgan fingerprint density at radius 1 is 1.10 bits per heavy atom. The first-order valence-electron chi connectivity index (χ1n) is 9.28. The zero-order chi connectivity index (χ0) is 22.4. The van der Waals surface area contributed by atoms with Gasteiger partial charge < -0.3 is 18.9 Å². The maximum atomic E-state index is 12.6. The normalized spacial score (nSPS) is 15.0. The number of ether oxygens (including phenoxy) is 4. The molecule has 0 saturated carbocycles. The van der Waals surface area contributed by atoms with Crippen molar-refractivity contribution in [3.8, 4) is 11.5 Å². The summed E-state index contributed by atoms with van der Waals surface area (Å²) in [6.45, 7) is -1.91. The monoisotopic (exact) mass is 457 g/mol. The molecule has 0 atom stereocenters. The van der Waals surface area contributed by atoms with Crippen LogP contribution >= 0.6 is 0 Å². The summed E-state index contributed by atoms with van der Waals surface area (Å²) in [5, 5.41) is 0. The Morgan fingerprint density at radius 3 is 2.39 bits per heavy atom. The van der Waals surface area contributed by atoms with Crippen LogP contribution in [0.25, 0.3) is 0 Å². The lowest BCUT2D eigenvalue weighted by Crippen LogP contribution is -2.40. The molecule has 0 aliphatic carbocycles. The van der Waals surface area contributed by atoms with Gasteiger partial charge >= 0.3 is 12.6 Å². The zero-order valence-corrected chi connectivity index (χ0v) is 17.4. The van der Waals surface area contributed by atoms with Crippen LogP contribution in [0.4, 0.5) is 8.78 Å². The number of hydrogen-bond donors (Lipinski definition) is 0. The van der Waals surface area contributed by atoms with Gasteiger partial charge in [0.1, 0.15) is 6.61 Å². The van der Waals surface area contributed by atoms with Gasteiger partial charge in [-0.3, -0.25) is 0 Å². The maximum absolute atomic E-state index is 12.6. The van der Waals surface area contributed by atoms with Gasteiger partial charge in [0, 0.05) is 13.1 Å². The highest BCUT2D eigenvalue weighted by Gasteiger charge is 2.26. The summed E-state index contributed by atoms with van der Waals surface area (Å²) in [5.41, 5.74) is 0.670. The van der Waals surface area contributed by atoms with Crippen LogP contribution in [0.1, 0.15) is 15.9 Å². The van der Waals surface area contributed by atoms with Gasteiger partial charge in [0.15, 0.2) is 11.5 Å². The third kappa shape index (κ3) is 5.69. The van der Waals surface area contributed by atoms with Gasteiger partial charge in [0.2, 0.25) is 10.0 Å². The molecule has 0 radical (unpaired) electrons. The molecule has 1 aliphatic heterocycles. The van der Waals surface area contributed by atoms with E-state index in [0.717, 1.165) is 0 Å². The Bertz CT molecular complexity index is 1010. The number of sulfonamides is 1. The molecule has 1 fully saturated rings. The summed E-state index contributed by atoms with van der Waals surface area (Å²) in [6, 6.07) is 9.61. The van der Waals surface area contributed by atoms with Crippen molar-refractivity contribution in [1.82, 2.24) is 4.31 Å². The Labute approximate surface area is 178 Å². The van der Waals surface area contributed by atoms with Gasteiger partial charge in [-0.05, 0) is 42.0 Å². The molecule has 1 saturated heterocycles. The second kappa shape index (κ2) is 10.0. The lowest BCUT2D eigenvalue weighted by molar-refractivity contribution is -0.0512. The van der Waals surface area contributed by atoms with Crippen molar-refractivity contribution in [2.75, 3.05) is 33.4 Å². The summed E-state index contributed by atoms with van der Waals surface area (Å²) in [4.78, 5) is 12.4. The van der Waals surface area contributed by atoms with Crippen LogP contribution in [0.3, 0.4) is 0 Å². The van der Waals surface area contributed by atoms with Crippen molar-refractivity contribution in [2.24, 2.45) is 0 Å². The summed E-state index contributed by atoms with van der Waals surface area (Å²) in [6.07, 6.45) is 0. The molecule has 0 unspecified atom stereocenters. The molecule has 1 heterocycles. The van der Waals surface area contributed by atoms with E-state index < -0.39 is 22.6 Å². The number of alkyl halides is 2. The topological polar surface area (TPSA) is 91.4 Å². The number of methoxy groups -OCH3 is 1. The minimum absolute atomic E-state index is 0.0744. The van der Waals surface area contributed by atoms with Crippen molar-refractivity contribution in [3.05, 3.63) is 53.6 Å². The molecular formula is C20H21F2NO7S. The second-order valence-electron chi connectivity index (χ2n) is 6.48. The lowest BCUT2D eigenvalue weighted by atomic mass is 10.2. The summed E-state index contributed by atoms with van der Waals surface area (Å²) in [7, 11) is -2.36. The number of esters is 1. The number of benzene rings is 2. The maximum Gasteiger partial charge on any atom is 0.387 e. The number of hydrogen-bond acceptors (Lipinski definition) is 7. The van der Waals surface area contributed by atoms with E-state index in [9.17, 15) is 22.0 Å². The molecule has 0 aromatic heterocycles. The predicted octanol–water partition coefficient (Wildman–Crippen LogP) is 2.67. The summed E-state index contributed by atoms with van der Waals surface area (Å²) < 4.78 is 71.1. The number of morpholine rings is 1. The molecule has 0 amide bonds. The number of halogens is 2. The average Bonchev–Trinajstić information content (AvgIpc) is 2.78. The third-order valence-electron chi connectivity index (χ3n) is 4.51. The third-order valence-corrected chi connectivity index (χ3v) is 6.42. The molecule has 1 aliphatic rings. The highest BCUT2D eigenvalue weighted by Crippen LogP contribution is 2.29. The average molecular weight is 457 g/mol. The van der Waals surface area contributed by atoms with Gasteiger partial charge in [0.25, 0.3) is 0 Å². The van der Waals surface area contributed by atoms with Crippen LogP contribution < -0.4 is 9.47 Å². The molecule has 0 bridgehead atoms. The van der Waals surface area contributed by atoms with E-state index in [1.807, 2.05) is 0 Å². The van der Waals surface area contributed by atoms with E-state index in [1.165, 1.54) is 53.9 Å². The smallest absolute Gasteiger partial charge is 0.387 e. The van der Waals surface area contributed by atoms with Gasteiger partial charge in [-0.25, -0.2) is 13.2 Å². The fourth-order valence-electron chi connectivity index (χ4n) is 2.93. The van der Waals surface area contributed by atoms with Crippen LogP contribution in [0.5, 0.6) is 11.5 Å². The highest BCUT2D eigenvalue weighted by molar-refractivity contribution is 7.89. The Morgan fingerprint density at radius 2 is 1.77 bits per heavy atom. The standard InChI is InChI=1S/C20H21F2NO7S/c1-27-18-12-14(2-7-17(18)30-20(21)22)13-29-19(24)15-3-5-16(6-4-15)31(25,26)23-8-10-28-11-9-23/h2-7,12,20H,8-11,13H2,1H3. The molecule has 2 aromatic rings. The van der Waals surface area contributed by atoms with Gasteiger partial charge in [-0.2, -0.15) is 13.1 Å². The molecular weight excluding hydrogens is 436 g/mol. The lowest BCUT2D eigenvalue weighted by Gasteiger charge is -2.26. The van der Waals surface area contributed by atoms with Crippen molar-refractivity contribution >= 4 is 16.0 Å². The summed E-state index contributed by atoms with van der Waals surface area (Å²) in [5.74, 6) is -0.724. The Hall–Kier alpha value is -2.76. The molecule has 3 rings (SSSR count).